The number of aromatic hydroxyl groups is 1. The highest BCUT2D eigenvalue weighted by Crippen LogP contribution is 2.40. The van der Waals surface area contributed by atoms with Crippen molar-refractivity contribution in [3.8, 4) is 28.7 Å². The number of aromatic nitrogens is 1. The zero-order chi connectivity index (χ0) is 22.0. The summed E-state index contributed by atoms with van der Waals surface area (Å²) in [6.07, 6.45) is 1.58. The van der Waals surface area contributed by atoms with Crippen molar-refractivity contribution in [3.05, 3.63) is 63.0 Å². The van der Waals surface area contributed by atoms with Gasteiger partial charge in [0.2, 0.25) is 5.89 Å². The molecule has 0 aliphatic rings. The summed E-state index contributed by atoms with van der Waals surface area (Å²) in [7, 11) is 1.63. The molecule has 158 valence electrons. The maximum absolute atomic E-state index is 10.5. The van der Waals surface area contributed by atoms with Crippen LogP contribution in [0.1, 0.15) is 12.5 Å². The molecule has 1 heterocycles. The molecule has 1 N–H and O–H groups in total. The molecule has 0 aliphatic carbocycles. The zero-order valence-corrected chi connectivity index (χ0v) is 19.9. The summed E-state index contributed by atoms with van der Waals surface area (Å²) in [5, 5.41) is 10.5. The zero-order valence-electron chi connectivity index (χ0n) is 16.7. The van der Waals surface area contributed by atoms with Crippen molar-refractivity contribution in [2.75, 3.05) is 13.7 Å². The predicted octanol–water partition coefficient (Wildman–Crippen LogP) is 6.88. The summed E-state index contributed by atoms with van der Waals surface area (Å²) in [6, 6.07) is 14.7. The first-order chi connectivity index (χ1) is 15.0. The highest BCUT2D eigenvalue weighted by Gasteiger charge is 2.15. The Morgan fingerprint density at radius 2 is 1.90 bits per heavy atom. The number of phenols is 1. The number of methoxy groups -OCH3 is 1. The lowest BCUT2D eigenvalue weighted by Crippen LogP contribution is -1.95. The third kappa shape index (κ3) is 4.45. The lowest BCUT2D eigenvalue weighted by atomic mass is 10.2. The van der Waals surface area contributed by atoms with Crippen molar-refractivity contribution < 1.29 is 19.0 Å². The van der Waals surface area contributed by atoms with Crippen LogP contribution in [0.5, 0.6) is 17.2 Å². The van der Waals surface area contributed by atoms with Crippen molar-refractivity contribution in [2.24, 2.45) is 4.99 Å². The van der Waals surface area contributed by atoms with Crippen molar-refractivity contribution >= 4 is 54.9 Å². The van der Waals surface area contributed by atoms with Crippen LogP contribution in [-0.2, 0) is 0 Å². The van der Waals surface area contributed by atoms with Crippen molar-refractivity contribution in [1.29, 1.82) is 0 Å². The van der Waals surface area contributed by atoms with Crippen molar-refractivity contribution in [1.82, 2.24) is 4.98 Å². The molecule has 0 saturated heterocycles. The SMILES string of the molecule is CCOc1cc(Br)c(Br)c(C=Nc2ccc3oc(-c4ccc(OC)cc4)nc3c2)c1O. The number of nitrogens with zero attached hydrogens (tertiary/aromatic N) is 2. The fraction of sp³-hybridized carbons (Fsp3) is 0.130. The molecule has 3 aromatic carbocycles. The Balaban J connectivity index is 1.66. The van der Waals surface area contributed by atoms with E-state index >= 15 is 0 Å². The number of fused-ring (bicyclic) bond motifs is 1. The van der Waals surface area contributed by atoms with E-state index in [1.807, 2.05) is 49.4 Å². The van der Waals surface area contributed by atoms with Gasteiger partial charge in [0.1, 0.15) is 11.3 Å². The normalized spacial score (nSPS) is 11.4. The number of hydrogen-bond donors (Lipinski definition) is 1. The van der Waals surface area contributed by atoms with Crippen LogP contribution in [0, 0.1) is 0 Å². The molecule has 0 unspecified atom stereocenters. The standard InChI is InChI=1S/C23H18Br2N2O4/c1-3-30-20-11-17(24)21(25)16(22(20)28)12-26-14-6-9-19-18(10-14)27-23(31-19)13-4-7-15(29-2)8-5-13/h4-12,28H,3H2,1-2H3. The van der Waals surface area contributed by atoms with Gasteiger partial charge < -0.3 is 19.0 Å². The first-order valence-electron chi connectivity index (χ1n) is 9.43. The highest BCUT2D eigenvalue weighted by atomic mass is 79.9. The van der Waals surface area contributed by atoms with Gasteiger partial charge in [-0.3, -0.25) is 4.99 Å². The number of hydrogen-bond acceptors (Lipinski definition) is 6. The molecular formula is C23H18Br2N2O4. The molecule has 8 heteroatoms. The van der Waals surface area contributed by atoms with Crippen LogP contribution in [0.3, 0.4) is 0 Å². The lowest BCUT2D eigenvalue weighted by Gasteiger charge is -2.11. The van der Waals surface area contributed by atoms with Gasteiger partial charge in [0, 0.05) is 20.7 Å². The second kappa shape index (κ2) is 9.11. The van der Waals surface area contributed by atoms with E-state index in [9.17, 15) is 5.11 Å². The largest absolute Gasteiger partial charge is 0.504 e. The van der Waals surface area contributed by atoms with Gasteiger partial charge in [-0.2, -0.15) is 0 Å². The lowest BCUT2D eigenvalue weighted by molar-refractivity contribution is 0.317. The summed E-state index contributed by atoms with van der Waals surface area (Å²) < 4.78 is 18.0. The molecule has 0 bridgehead atoms. The number of rotatable bonds is 6. The average molecular weight is 546 g/mol. The number of aliphatic imine (C=N–C) groups is 1. The van der Waals surface area contributed by atoms with E-state index < -0.39 is 0 Å². The van der Waals surface area contributed by atoms with E-state index in [1.165, 1.54) is 0 Å². The third-order valence-electron chi connectivity index (χ3n) is 4.54. The Kier molecular flexibility index (Phi) is 6.29. The van der Waals surface area contributed by atoms with Gasteiger partial charge in [0.25, 0.3) is 0 Å². The van der Waals surface area contributed by atoms with Crippen LogP contribution >= 0.6 is 31.9 Å². The van der Waals surface area contributed by atoms with E-state index in [2.05, 4.69) is 41.8 Å². The van der Waals surface area contributed by atoms with Gasteiger partial charge in [-0.25, -0.2) is 4.98 Å². The predicted molar refractivity (Wildman–Crippen MR) is 128 cm³/mol. The second-order valence-electron chi connectivity index (χ2n) is 6.52. The van der Waals surface area contributed by atoms with Crippen LogP contribution in [0.2, 0.25) is 0 Å². The van der Waals surface area contributed by atoms with Crippen LogP contribution in [0.4, 0.5) is 5.69 Å². The minimum atomic E-state index is 0.0185. The maximum Gasteiger partial charge on any atom is 0.227 e. The van der Waals surface area contributed by atoms with E-state index in [0.29, 0.717) is 45.1 Å². The summed E-state index contributed by atoms with van der Waals surface area (Å²) in [4.78, 5) is 9.08. The Morgan fingerprint density at radius 1 is 1.13 bits per heavy atom. The molecule has 0 atom stereocenters. The van der Waals surface area contributed by atoms with Crippen molar-refractivity contribution in [3.63, 3.8) is 0 Å². The molecular weight excluding hydrogens is 528 g/mol. The minimum absolute atomic E-state index is 0.0185. The molecule has 0 spiro atoms. The maximum atomic E-state index is 10.5. The first kappa shape index (κ1) is 21.4. The van der Waals surface area contributed by atoms with Gasteiger partial charge in [-0.15, -0.1) is 0 Å². The van der Waals surface area contributed by atoms with Crippen LogP contribution in [0.25, 0.3) is 22.6 Å². The fourth-order valence-electron chi connectivity index (χ4n) is 2.99. The number of phenolic OH excluding ortho intramolecular Hbond substituents is 1. The number of oxazole rings is 1. The molecule has 0 fully saturated rings. The second-order valence-corrected chi connectivity index (χ2v) is 8.17. The third-order valence-corrected chi connectivity index (χ3v) is 6.55. The number of ether oxygens (including phenoxy) is 2. The van der Waals surface area contributed by atoms with Gasteiger partial charge in [0.05, 0.1) is 25.0 Å². The van der Waals surface area contributed by atoms with Gasteiger partial charge in [-0.1, -0.05) is 0 Å². The Morgan fingerprint density at radius 3 is 2.61 bits per heavy atom. The molecule has 4 aromatic rings. The van der Waals surface area contributed by atoms with E-state index in [1.54, 1.807) is 19.4 Å². The summed E-state index contributed by atoms with van der Waals surface area (Å²) >= 11 is 6.94. The summed E-state index contributed by atoms with van der Waals surface area (Å²) in [5.74, 6) is 1.69. The molecule has 1 aromatic heterocycles. The monoisotopic (exact) mass is 544 g/mol. The molecule has 0 aliphatic heterocycles. The first-order valence-corrected chi connectivity index (χ1v) is 11.0. The quantitative estimate of drug-likeness (QED) is 0.267. The molecule has 0 radical (unpaired) electrons. The summed E-state index contributed by atoms with van der Waals surface area (Å²) in [6.45, 7) is 2.30. The number of benzene rings is 3. The van der Waals surface area contributed by atoms with Gasteiger partial charge >= 0.3 is 0 Å². The van der Waals surface area contributed by atoms with E-state index in [0.717, 1.165) is 15.8 Å². The number of halogens is 2. The van der Waals surface area contributed by atoms with Crippen LogP contribution < -0.4 is 9.47 Å². The molecule has 4 rings (SSSR count). The van der Waals surface area contributed by atoms with Crippen LogP contribution in [0.15, 0.2) is 66.9 Å². The summed E-state index contributed by atoms with van der Waals surface area (Å²) in [5.41, 5.74) is 3.39. The van der Waals surface area contributed by atoms with E-state index in [4.69, 9.17) is 13.9 Å². The molecule has 6 nitrogen and oxygen atoms in total. The Bertz CT molecular complexity index is 1270. The molecule has 0 amide bonds. The molecule has 31 heavy (non-hydrogen) atoms. The van der Waals surface area contributed by atoms with Gasteiger partial charge in [0.15, 0.2) is 17.1 Å². The fourth-order valence-corrected chi connectivity index (χ4v) is 3.81. The topological polar surface area (TPSA) is 77.1 Å². The average Bonchev–Trinajstić information content (AvgIpc) is 3.21. The molecule has 0 saturated carbocycles. The van der Waals surface area contributed by atoms with Crippen molar-refractivity contribution in [2.45, 2.75) is 6.92 Å². The van der Waals surface area contributed by atoms with Gasteiger partial charge in [-0.05, 0) is 87.3 Å². The Hall–Kier alpha value is -2.84. The smallest absolute Gasteiger partial charge is 0.227 e. The van der Waals surface area contributed by atoms with Crippen LogP contribution in [-0.4, -0.2) is 30.0 Å². The highest BCUT2D eigenvalue weighted by molar-refractivity contribution is 9.13. The Labute approximate surface area is 195 Å². The minimum Gasteiger partial charge on any atom is -0.504 e. The van der Waals surface area contributed by atoms with E-state index in [-0.39, 0.29) is 5.75 Å².